The summed E-state index contributed by atoms with van der Waals surface area (Å²) in [4.78, 5) is 11.7. The molecule has 82 valence electrons. The number of carbonyl (C=O) groups is 1. The van der Waals surface area contributed by atoms with Crippen LogP contribution in [0.5, 0.6) is 0 Å². The molecule has 2 heteroatoms. The zero-order valence-electron chi connectivity index (χ0n) is 9.31. The van der Waals surface area contributed by atoms with Gasteiger partial charge >= 0.3 is 0 Å². The van der Waals surface area contributed by atoms with Gasteiger partial charge in [0.05, 0.1) is 0 Å². The summed E-state index contributed by atoms with van der Waals surface area (Å²) in [6.07, 6.45) is 6.48. The Bertz CT molecular complexity index is 187. The van der Waals surface area contributed by atoms with Crippen molar-refractivity contribution in [1.29, 1.82) is 0 Å². The van der Waals surface area contributed by atoms with Gasteiger partial charge in [0.2, 0.25) is 0 Å². The first-order valence-electron chi connectivity index (χ1n) is 5.71. The third-order valence-corrected chi connectivity index (χ3v) is 3.03. The minimum atomic E-state index is -1.19. The molecule has 0 atom stereocenters. The van der Waals surface area contributed by atoms with Crippen LogP contribution in [-0.4, -0.2) is 11.5 Å². The van der Waals surface area contributed by atoms with Crippen molar-refractivity contribution in [3.05, 3.63) is 0 Å². The van der Waals surface area contributed by atoms with Crippen LogP contribution >= 0.6 is 0 Å². The van der Waals surface area contributed by atoms with E-state index in [-0.39, 0.29) is 11.7 Å². The number of hydrogen-bond donors (Lipinski definition) is 0. The quantitative estimate of drug-likeness (QED) is 0.676. The van der Waals surface area contributed by atoms with Gasteiger partial charge in [-0.3, -0.25) is 4.79 Å². The normalized spacial score (nSPS) is 19.6. The van der Waals surface area contributed by atoms with Gasteiger partial charge in [-0.1, -0.05) is 19.3 Å². The summed E-state index contributed by atoms with van der Waals surface area (Å²) in [6, 6.07) is 0. The number of rotatable bonds is 4. The molecule has 0 unspecified atom stereocenters. The van der Waals surface area contributed by atoms with Crippen molar-refractivity contribution in [2.75, 3.05) is 0 Å². The van der Waals surface area contributed by atoms with Crippen molar-refractivity contribution in [3.8, 4) is 0 Å². The first kappa shape index (κ1) is 11.7. The third kappa shape index (κ3) is 4.21. The van der Waals surface area contributed by atoms with E-state index in [9.17, 15) is 9.18 Å². The lowest BCUT2D eigenvalue weighted by Crippen LogP contribution is -2.21. The lowest BCUT2D eigenvalue weighted by molar-refractivity contribution is -0.124. The van der Waals surface area contributed by atoms with Crippen molar-refractivity contribution >= 4 is 5.78 Å². The molecule has 0 aromatic rings. The van der Waals surface area contributed by atoms with Gasteiger partial charge in [-0.2, -0.15) is 0 Å². The fourth-order valence-corrected chi connectivity index (χ4v) is 2.05. The molecule has 1 aliphatic rings. The molecule has 0 saturated heterocycles. The molecule has 1 saturated carbocycles. The average molecular weight is 200 g/mol. The summed E-state index contributed by atoms with van der Waals surface area (Å²) >= 11 is 0. The van der Waals surface area contributed by atoms with Crippen LogP contribution in [0.2, 0.25) is 0 Å². The second kappa shape index (κ2) is 4.90. The largest absolute Gasteiger partial charge is 0.299 e. The van der Waals surface area contributed by atoms with E-state index >= 15 is 0 Å². The molecule has 1 nitrogen and oxygen atoms in total. The Kier molecular flexibility index (Phi) is 4.09. The molecular weight excluding hydrogens is 179 g/mol. The van der Waals surface area contributed by atoms with Crippen molar-refractivity contribution < 1.29 is 9.18 Å². The molecule has 1 aliphatic carbocycles. The van der Waals surface area contributed by atoms with Gasteiger partial charge in [0.25, 0.3) is 0 Å². The summed E-state index contributed by atoms with van der Waals surface area (Å²) < 4.78 is 13.2. The predicted octanol–water partition coefficient (Wildman–Crippen LogP) is 3.66. The summed E-state index contributed by atoms with van der Waals surface area (Å²) in [6.45, 7) is 3.09. The van der Waals surface area contributed by atoms with Crippen LogP contribution in [0.25, 0.3) is 0 Å². The van der Waals surface area contributed by atoms with E-state index in [1.54, 1.807) is 13.8 Å². The van der Waals surface area contributed by atoms with Crippen LogP contribution in [0.15, 0.2) is 0 Å². The Morgan fingerprint density at radius 2 is 1.86 bits per heavy atom. The predicted molar refractivity (Wildman–Crippen MR) is 56.0 cm³/mol. The maximum atomic E-state index is 13.2. The Labute approximate surface area is 86.1 Å². The van der Waals surface area contributed by atoms with Crippen LogP contribution in [0.1, 0.15) is 58.8 Å². The Hall–Kier alpha value is -0.400. The van der Waals surface area contributed by atoms with Gasteiger partial charge in [-0.05, 0) is 33.1 Å². The number of alkyl halides is 1. The second-order valence-corrected chi connectivity index (χ2v) is 5.02. The van der Waals surface area contributed by atoms with Crippen LogP contribution in [0.4, 0.5) is 4.39 Å². The van der Waals surface area contributed by atoms with Crippen molar-refractivity contribution in [2.45, 2.75) is 64.5 Å². The standard InChI is InChI=1S/C12H21FO/c1-12(2,13)9-8-11(14)10-6-4-3-5-7-10/h10H,3-9H2,1-2H3. The highest BCUT2D eigenvalue weighted by atomic mass is 19.1. The molecule has 14 heavy (non-hydrogen) atoms. The molecule has 0 aromatic heterocycles. The SMILES string of the molecule is CC(C)(F)CCC(=O)C1CCCCC1. The first-order chi connectivity index (χ1) is 6.49. The lowest BCUT2D eigenvalue weighted by Gasteiger charge is -2.21. The minimum absolute atomic E-state index is 0.242. The zero-order valence-corrected chi connectivity index (χ0v) is 9.31. The monoisotopic (exact) mass is 200 g/mol. The number of ketones is 1. The van der Waals surface area contributed by atoms with Crippen LogP contribution < -0.4 is 0 Å². The summed E-state index contributed by atoms with van der Waals surface area (Å²) in [5, 5.41) is 0. The van der Waals surface area contributed by atoms with Gasteiger partial charge in [0, 0.05) is 12.3 Å². The van der Waals surface area contributed by atoms with Gasteiger partial charge in [-0.25, -0.2) is 4.39 Å². The Morgan fingerprint density at radius 3 is 2.36 bits per heavy atom. The first-order valence-corrected chi connectivity index (χ1v) is 5.71. The molecule has 0 aliphatic heterocycles. The Morgan fingerprint density at radius 1 is 1.29 bits per heavy atom. The zero-order chi connectivity index (χ0) is 10.6. The van der Waals surface area contributed by atoms with Crippen molar-refractivity contribution in [1.82, 2.24) is 0 Å². The highest BCUT2D eigenvalue weighted by Crippen LogP contribution is 2.27. The van der Waals surface area contributed by atoms with E-state index < -0.39 is 5.67 Å². The second-order valence-electron chi connectivity index (χ2n) is 5.02. The molecule has 0 radical (unpaired) electrons. The Balaban J connectivity index is 2.27. The molecule has 0 heterocycles. The molecule has 0 amide bonds. The molecular formula is C12H21FO. The molecule has 1 fully saturated rings. The molecule has 1 rings (SSSR count). The minimum Gasteiger partial charge on any atom is -0.299 e. The van der Waals surface area contributed by atoms with Crippen LogP contribution in [0, 0.1) is 5.92 Å². The highest BCUT2D eigenvalue weighted by Gasteiger charge is 2.23. The maximum absolute atomic E-state index is 13.2. The number of carbonyl (C=O) groups excluding carboxylic acids is 1. The van der Waals surface area contributed by atoms with E-state index in [2.05, 4.69) is 0 Å². The average Bonchev–Trinajstić information content (AvgIpc) is 2.14. The smallest absolute Gasteiger partial charge is 0.136 e. The van der Waals surface area contributed by atoms with E-state index in [1.807, 2.05) is 0 Å². The number of hydrogen-bond acceptors (Lipinski definition) is 1. The van der Waals surface area contributed by atoms with E-state index in [0.717, 1.165) is 12.8 Å². The summed E-state index contributed by atoms with van der Waals surface area (Å²) in [7, 11) is 0. The lowest BCUT2D eigenvalue weighted by atomic mass is 9.84. The fraction of sp³-hybridized carbons (Fsp3) is 0.917. The van der Waals surface area contributed by atoms with E-state index in [0.29, 0.717) is 12.8 Å². The van der Waals surface area contributed by atoms with Gasteiger partial charge < -0.3 is 0 Å². The molecule has 0 spiro atoms. The maximum Gasteiger partial charge on any atom is 0.136 e. The summed E-state index contributed by atoms with van der Waals surface area (Å²) in [5.41, 5.74) is -1.19. The van der Waals surface area contributed by atoms with E-state index in [1.165, 1.54) is 19.3 Å². The highest BCUT2D eigenvalue weighted by molar-refractivity contribution is 5.81. The van der Waals surface area contributed by atoms with Gasteiger partial charge in [0.1, 0.15) is 11.5 Å². The fourth-order valence-electron chi connectivity index (χ4n) is 2.05. The van der Waals surface area contributed by atoms with Crippen molar-refractivity contribution in [3.63, 3.8) is 0 Å². The van der Waals surface area contributed by atoms with Gasteiger partial charge in [-0.15, -0.1) is 0 Å². The van der Waals surface area contributed by atoms with Crippen LogP contribution in [0.3, 0.4) is 0 Å². The number of halogens is 1. The topological polar surface area (TPSA) is 17.1 Å². The summed E-state index contributed by atoms with van der Waals surface area (Å²) in [5.74, 6) is 0.529. The molecule has 0 bridgehead atoms. The van der Waals surface area contributed by atoms with E-state index in [4.69, 9.17) is 0 Å². The molecule has 0 aromatic carbocycles. The third-order valence-electron chi connectivity index (χ3n) is 3.03. The van der Waals surface area contributed by atoms with Crippen molar-refractivity contribution in [2.24, 2.45) is 5.92 Å². The molecule has 0 N–H and O–H groups in total. The van der Waals surface area contributed by atoms with Gasteiger partial charge in [0.15, 0.2) is 0 Å². The number of Topliss-reactive ketones (excluding diaryl/α,β-unsaturated/α-hetero) is 1. The van der Waals surface area contributed by atoms with Crippen LogP contribution in [-0.2, 0) is 4.79 Å².